The zero-order chi connectivity index (χ0) is 18.7. The topological polar surface area (TPSA) is 52.7 Å². The van der Waals surface area contributed by atoms with Gasteiger partial charge in [0.2, 0.25) is 5.91 Å². The zero-order valence-corrected chi connectivity index (χ0v) is 15.6. The summed E-state index contributed by atoms with van der Waals surface area (Å²) in [5.41, 5.74) is 4.85. The number of carbonyl (C=O) groups is 2. The molecule has 1 N–H and O–H groups in total. The zero-order valence-electron chi connectivity index (χ0n) is 15.6. The van der Waals surface area contributed by atoms with E-state index in [4.69, 9.17) is 0 Å². The number of nitrogens with one attached hydrogen (secondary N) is 1. The molecule has 1 saturated heterocycles. The summed E-state index contributed by atoms with van der Waals surface area (Å²) in [6.45, 7) is 8.03. The molecule has 1 heterocycles. The van der Waals surface area contributed by atoms with E-state index in [1.807, 2.05) is 41.3 Å². The van der Waals surface area contributed by atoms with Gasteiger partial charge in [-0.15, -0.1) is 0 Å². The molecule has 0 atom stereocenters. The molecule has 0 saturated carbocycles. The second-order valence-corrected chi connectivity index (χ2v) is 6.72. The molecule has 5 nitrogen and oxygen atoms in total. The molecule has 3 rings (SSSR count). The van der Waals surface area contributed by atoms with E-state index in [-0.39, 0.29) is 11.8 Å². The van der Waals surface area contributed by atoms with Crippen LogP contribution >= 0.6 is 0 Å². The lowest BCUT2D eigenvalue weighted by Crippen LogP contribution is -2.50. The summed E-state index contributed by atoms with van der Waals surface area (Å²) in [5.74, 6) is 0.0655. The Morgan fingerprint density at radius 3 is 2.15 bits per heavy atom. The summed E-state index contributed by atoms with van der Waals surface area (Å²) in [4.78, 5) is 28.1. The fourth-order valence-electron chi connectivity index (χ4n) is 3.20. The average molecular weight is 351 g/mol. The number of rotatable bonds is 3. The average Bonchev–Trinajstić information content (AvgIpc) is 2.65. The Kier molecular flexibility index (Phi) is 5.26. The number of piperazine rings is 1. The summed E-state index contributed by atoms with van der Waals surface area (Å²) in [5, 5.41) is 3.42. The minimum atomic E-state index is 0.00149. The van der Waals surface area contributed by atoms with Crippen LogP contribution in [0, 0.1) is 13.8 Å². The molecule has 0 aromatic heterocycles. The monoisotopic (exact) mass is 351 g/mol. The van der Waals surface area contributed by atoms with Crippen molar-refractivity contribution in [2.75, 3.05) is 31.5 Å². The number of hydrogen-bond donors (Lipinski definition) is 1. The number of hydrogen-bond acceptors (Lipinski definition) is 3. The van der Waals surface area contributed by atoms with Crippen LogP contribution in [0.5, 0.6) is 0 Å². The smallest absolute Gasteiger partial charge is 0.256 e. The molecule has 0 bridgehead atoms. The lowest BCUT2D eigenvalue weighted by molar-refractivity contribution is -0.130. The fraction of sp³-hybridized carbons (Fsp3) is 0.333. The number of amides is 2. The van der Waals surface area contributed by atoms with E-state index in [1.54, 1.807) is 11.8 Å². The van der Waals surface area contributed by atoms with Crippen LogP contribution in [0.3, 0.4) is 0 Å². The molecule has 136 valence electrons. The Labute approximate surface area is 154 Å². The lowest BCUT2D eigenvalue weighted by atomic mass is 10.1. The maximum absolute atomic E-state index is 13.0. The molecule has 26 heavy (non-hydrogen) atoms. The van der Waals surface area contributed by atoms with Gasteiger partial charge in [0, 0.05) is 38.8 Å². The molecule has 1 aliphatic rings. The number of aryl methyl sites for hydroxylation is 1. The highest BCUT2D eigenvalue weighted by Gasteiger charge is 2.24. The number of para-hydroxylation sites is 1. The van der Waals surface area contributed by atoms with Gasteiger partial charge in [0.1, 0.15) is 0 Å². The number of anilines is 2. The Balaban J connectivity index is 1.80. The van der Waals surface area contributed by atoms with E-state index in [0.29, 0.717) is 31.7 Å². The van der Waals surface area contributed by atoms with Crippen molar-refractivity contribution in [1.29, 1.82) is 0 Å². The Hall–Kier alpha value is -2.82. The third-order valence-electron chi connectivity index (χ3n) is 5.04. The highest BCUT2D eigenvalue weighted by Crippen LogP contribution is 2.26. The molecule has 5 heteroatoms. The van der Waals surface area contributed by atoms with E-state index in [9.17, 15) is 9.59 Å². The Morgan fingerprint density at radius 2 is 1.46 bits per heavy atom. The Morgan fingerprint density at radius 1 is 0.846 bits per heavy atom. The van der Waals surface area contributed by atoms with Crippen LogP contribution in [-0.2, 0) is 4.79 Å². The molecule has 1 fully saturated rings. The summed E-state index contributed by atoms with van der Waals surface area (Å²) < 4.78 is 0. The van der Waals surface area contributed by atoms with Gasteiger partial charge in [0.15, 0.2) is 0 Å². The maximum Gasteiger partial charge on any atom is 0.256 e. The van der Waals surface area contributed by atoms with Crippen molar-refractivity contribution in [3.05, 3.63) is 59.2 Å². The van der Waals surface area contributed by atoms with Crippen molar-refractivity contribution in [2.45, 2.75) is 20.8 Å². The van der Waals surface area contributed by atoms with Crippen LogP contribution in [0.4, 0.5) is 11.4 Å². The van der Waals surface area contributed by atoms with Gasteiger partial charge in [-0.1, -0.05) is 24.3 Å². The van der Waals surface area contributed by atoms with Crippen LogP contribution in [0.1, 0.15) is 28.4 Å². The molecule has 2 amide bonds. The molecule has 0 unspecified atom stereocenters. The Bertz CT molecular complexity index is 824. The molecule has 1 aliphatic heterocycles. The van der Waals surface area contributed by atoms with Gasteiger partial charge in [-0.2, -0.15) is 0 Å². The highest BCUT2D eigenvalue weighted by atomic mass is 16.2. The van der Waals surface area contributed by atoms with Crippen molar-refractivity contribution in [3.63, 3.8) is 0 Å². The van der Waals surface area contributed by atoms with Gasteiger partial charge in [-0.3, -0.25) is 9.59 Å². The van der Waals surface area contributed by atoms with Crippen LogP contribution in [-0.4, -0.2) is 47.8 Å². The van der Waals surface area contributed by atoms with E-state index < -0.39 is 0 Å². The SMILES string of the molecule is CC(=O)N1CCN(C(=O)c2ccccc2Nc2cccc(C)c2C)CC1. The summed E-state index contributed by atoms with van der Waals surface area (Å²) in [6.07, 6.45) is 0. The van der Waals surface area contributed by atoms with Crippen molar-refractivity contribution in [3.8, 4) is 0 Å². The van der Waals surface area contributed by atoms with Gasteiger partial charge in [-0.25, -0.2) is 0 Å². The second-order valence-electron chi connectivity index (χ2n) is 6.72. The van der Waals surface area contributed by atoms with Gasteiger partial charge >= 0.3 is 0 Å². The third kappa shape index (κ3) is 3.72. The van der Waals surface area contributed by atoms with Crippen LogP contribution in [0.25, 0.3) is 0 Å². The van der Waals surface area contributed by atoms with Crippen molar-refractivity contribution in [1.82, 2.24) is 9.80 Å². The standard InChI is InChI=1S/C21H25N3O2/c1-15-7-6-10-19(16(15)2)22-20-9-5-4-8-18(20)21(26)24-13-11-23(12-14-24)17(3)25/h4-10,22H,11-14H2,1-3H3. The summed E-state index contributed by atoms with van der Waals surface area (Å²) >= 11 is 0. The molecule has 0 radical (unpaired) electrons. The highest BCUT2D eigenvalue weighted by molar-refractivity contribution is 6.00. The number of carbonyl (C=O) groups excluding carboxylic acids is 2. The third-order valence-corrected chi connectivity index (χ3v) is 5.04. The van der Waals surface area contributed by atoms with Crippen LogP contribution in [0.15, 0.2) is 42.5 Å². The molecular weight excluding hydrogens is 326 g/mol. The first-order chi connectivity index (χ1) is 12.5. The van der Waals surface area contributed by atoms with Crippen molar-refractivity contribution >= 4 is 23.2 Å². The predicted molar refractivity (Wildman–Crippen MR) is 104 cm³/mol. The fourth-order valence-corrected chi connectivity index (χ4v) is 3.20. The normalized spacial score (nSPS) is 14.3. The molecule has 2 aromatic carbocycles. The maximum atomic E-state index is 13.0. The van der Waals surface area contributed by atoms with Gasteiger partial charge in [-0.05, 0) is 43.2 Å². The minimum Gasteiger partial charge on any atom is -0.355 e. The van der Waals surface area contributed by atoms with Gasteiger partial charge < -0.3 is 15.1 Å². The largest absolute Gasteiger partial charge is 0.355 e. The quantitative estimate of drug-likeness (QED) is 0.923. The first kappa shape index (κ1) is 18.0. The van der Waals surface area contributed by atoms with Crippen molar-refractivity contribution < 1.29 is 9.59 Å². The minimum absolute atomic E-state index is 0.00149. The van der Waals surface area contributed by atoms with Crippen LogP contribution < -0.4 is 5.32 Å². The van der Waals surface area contributed by atoms with Crippen molar-refractivity contribution in [2.24, 2.45) is 0 Å². The van der Waals surface area contributed by atoms with Gasteiger partial charge in [0.05, 0.1) is 11.3 Å². The summed E-state index contributed by atoms with van der Waals surface area (Å²) in [7, 11) is 0. The second kappa shape index (κ2) is 7.60. The summed E-state index contributed by atoms with van der Waals surface area (Å²) in [6, 6.07) is 13.7. The van der Waals surface area contributed by atoms with E-state index >= 15 is 0 Å². The molecule has 0 aliphatic carbocycles. The molecule has 0 spiro atoms. The molecular formula is C21H25N3O2. The van der Waals surface area contributed by atoms with Gasteiger partial charge in [0.25, 0.3) is 5.91 Å². The van der Waals surface area contributed by atoms with E-state index in [1.165, 1.54) is 11.1 Å². The number of benzene rings is 2. The number of nitrogens with zero attached hydrogens (tertiary/aromatic N) is 2. The van der Waals surface area contributed by atoms with E-state index in [2.05, 4.69) is 25.2 Å². The first-order valence-corrected chi connectivity index (χ1v) is 8.94. The van der Waals surface area contributed by atoms with E-state index in [0.717, 1.165) is 11.4 Å². The predicted octanol–water partition coefficient (Wildman–Crippen LogP) is 3.35. The molecule has 2 aromatic rings. The first-order valence-electron chi connectivity index (χ1n) is 8.94. The lowest BCUT2D eigenvalue weighted by Gasteiger charge is -2.34. The van der Waals surface area contributed by atoms with Crippen LogP contribution in [0.2, 0.25) is 0 Å².